The quantitative estimate of drug-likeness (QED) is 0.781. The fraction of sp³-hybridized carbons (Fsp3) is 0.200. The maximum absolute atomic E-state index is 6.30. The third kappa shape index (κ3) is 3.14. The predicted octanol–water partition coefficient (Wildman–Crippen LogP) is 4.83. The maximum atomic E-state index is 6.30. The van der Waals surface area contributed by atoms with Crippen molar-refractivity contribution in [2.75, 3.05) is 14.1 Å². The smallest absolute Gasteiger partial charge is 0.0626 e. The van der Waals surface area contributed by atoms with Gasteiger partial charge in [-0.2, -0.15) is 0 Å². The molecular formula is C15H15BrClN. The number of hydrogen-bond acceptors (Lipinski definition) is 1. The molecule has 0 saturated heterocycles. The van der Waals surface area contributed by atoms with Crippen LogP contribution in [-0.2, 0) is 6.54 Å². The standard InChI is InChI=1S/C15H15BrClN/c1-18(2)10-11-6-8-12(9-7-11)13-4-3-5-14(16)15(13)17/h3-9H,10H2,1-2H3. The Kier molecular flexibility index (Phi) is 4.44. The summed E-state index contributed by atoms with van der Waals surface area (Å²) in [7, 11) is 4.14. The summed E-state index contributed by atoms with van der Waals surface area (Å²) in [5.74, 6) is 0. The highest BCUT2D eigenvalue weighted by atomic mass is 79.9. The van der Waals surface area contributed by atoms with E-state index >= 15 is 0 Å². The van der Waals surface area contributed by atoms with Gasteiger partial charge in [0.05, 0.1) is 5.02 Å². The third-order valence-electron chi connectivity index (χ3n) is 2.72. The van der Waals surface area contributed by atoms with Gasteiger partial charge in [-0.05, 0) is 47.2 Å². The van der Waals surface area contributed by atoms with Crippen molar-refractivity contribution in [1.82, 2.24) is 4.90 Å². The van der Waals surface area contributed by atoms with E-state index < -0.39 is 0 Å². The zero-order valence-corrected chi connectivity index (χ0v) is 12.8. The van der Waals surface area contributed by atoms with Gasteiger partial charge in [-0.15, -0.1) is 0 Å². The van der Waals surface area contributed by atoms with Crippen LogP contribution in [0.5, 0.6) is 0 Å². The Morgan fingerprint density at radius 3 is 2.33 bits per heavy atom. The van der Waals surface area contributed by atoms with Crippen LogP contribution in [0.3, 0.4) is 0 Å². The molecule has 0 aliphatic heterocycles. The summed E-state index contributed by atoms with van der Waals surface area (Å²) >= 11 is 9.75. The number of halogens is 2. The van der Waals surface area contributed by atoms with Gasteiger partial charge >= 0.3 is 0 Å². The van der Waals surface area contributed by atoms with Crippen LogP contribution in [0, 0.1) is 0 Å². The second-order valence-corrected chi connectivity index (χ2v) is 5.77. The number of hydrogen-bond donors (Lipinski definition) is 0. The molecule has 0 unspecified atom stereocenters. The van der Waals surface area contributed by atoms with E-state index in [-0.39, 0.29) is 0 Å². The molecule has 0 N–H and O–H groups in total. The van der Waals surface area contributed by atoms with Gasteiger partial charge in [-0.25, -0.2) is 0 Å². The molecule has 0 saturated carbocycles. The molecule has 0 spiro atoms. The normalized spacial score (nSPS) is 10.9. The van der Waals surface area contributed by atoms with Crippen LogP contribution < -0.4 is 0 Å². The Hall–Kier alpha value is -0.830. The first-order chi connectivity index (χ1) is 8.58. The molecule has 2 aromatic rings. The van der Waals surface area contributed by atoms with Gasteiger partial charge in [-0.3, -0.25) is 0 Å². The molecule has 0 aromatic heterocycles. The monoisotopic (exact) mass is 323 g/mol. The molecule has 0 aliphatic carbocycles. The van der Waals surface area contributed by atoms with E-state index in [4.69, 9.17) is 11.6 Å². The molecule has 0 atom stereocenters. The van der Waals surface area contributed by atoms with Crippen LogP contribution in [0.15, 0.2) is 46.9 Å². The van der Waals surface area contributed by atoms with Crippen molar-refractivity contribution < 1.29 is 0 Å². The molecule has 0 heterocycles. The van der Waals surface area contributed by atoms with Gasteiger partial charge in [0.15, 0.2) is 0 Å². The highest BCUT2D eigenvalue weighted by molar-refractivity contribution is 9.10. The fourth-order valence-electron chi connectivity index (χ4n) is 1.88. The van der Waals surface area contributed by atoms with Gasteiger partial charge in [0.2, 0.25) is 0 Å². The van der Waals surface area contributed by atoms with Crippen LogP contribution in [0.2, 0.25) is 5.02 Å². The average Bonchev–Trinajstić information content (AvgIpc) is 2.33. The maximum Gasteiger partial charge on any atom is 0.0626 e. The van der Waals surface area contributed by atoms with E-state index in [0.29, 0.717) is 0 Å². The molecule has 3 heteroatoms. The first-order valence-electron chi connectivity index (χ1n) is 5.76. The zero-order chi connectivity index (χ0) is 13.1. The minimum atomic E-state index is 0.762. The lowest BCUT2D eigenvalue weighted by Crippen LogP contribution is -2.10. The number of nitrogens with zero attached hydrogens (tertiary/aromatic N) is 1. The van der Waals surface area contributed by atoms with Crippen LogP contribution in [0.4, 0.5) is 0 Å². The van der Waals surface area contributed by atoms with E-state index in [1.165, 1.54) is 5.56 Å². The van der Waals surface area contributed by atoms with E-state index in [1.54, 1.807) is 0 Å². The minimum Gasteiger partial charge on any atom is -0.305 e. The number of benzene rings is 2. The Morgan fingerprint density at radius 2 is 1.72 bits per heavy atom. The largest absolute Gasteiger partial charge is 0.305 e. The average molecular weight is 325 g/mol. The summed E-state index contributed by atoms with van der Waals surface area (Å²) in [6.07, 6.45) is 0. The van der Waals surface area contributed by atoms with Crippen molar-refractivity contribution in [3.8, 4) is 11.1 Å². The minimum absolute atomic E-state index is 0.762. The zero-order valence-electron chi connectivity index (χ0n) is 10.5. The van der Waals surface area contributed by atoms with Crippen LogP contribution in [0.25, 0.3) is 11.1 Å². The summed E-state index contributed by atoms with van der Waals surface area (Å²) in [6.45, 7) is 0.951. The first kappa shape index (κ1) is 13.6. The molecule has 1 nitrogen and oxygen atoms in total. The van der Waals surface area contributed by atoms with Crippen LogP contribution >= 0.6 is 27.5 Å². The molecule has 18 heavy (non-hydrogen) atoms. The van der Waals surface area contributed by atoms with Gasteiger partial charge in [-0.1, -0.05) is 48.0 Å². The van der Waals surface area contributed by atoms with E-state index in [0.717, 1.165) is 27.2 Å². The van der Waals surface area contributed by atoms with Gasteiger partial charge in [0.25, 0.3) is 0 Å². The number of rotatable bonds is 3. The Labute approximate surface area is 122 Å². The molecule has 0 amide bonds. The van der Waals surface area contributed by atoms with E-state index in [9.17, 15) is 0 Å². The van der Waals surface area contributed by atoms with Crippen LogP contribution in [-0.4, -0.2) is 19.0 Å². The fourth-order valence-corrected chi connectivity index (χ4v) is 2.48. The van der Waals surface area contributed by atoms with E-state index in [2.05, 4.69) is 59.2 Å². The molecule has 2 rings (SSSR count). The Morgan fingerprint density at radius 1 is 1.06 bits per heavy atom. The van der Waals surface area contributed by atoms with Gasteiger partial charge in [0.1, 0.15) is 0 Å². The van der Waals surface area contributed by atoms with Crippen molar-refractivity contribution in [3.05, 3.63) is 57.5 Å². The second kappa shape index (κ2) is 5.87. The molecule has 94 valence electrons. The highest BCUT2D eigenvalue weighted by Crippen LogP contribution is 2.33. The molecule has 0 radical (unpaired) electrons. The second-order valence-electron chi connectivity index (χ2n) is 4.54. The van der Waals surface area contributed by atoms with Crippen molar-refractivity contribution in [1.29, 1.82) is 0 Å². The topological polar surface area (TPSA) is 3.24 Å². The summed E-state index contributed by atoms with van der Waals surface area (Å²) in [4.78, 5) is 2.15. The van der Waals surface area contributed by atoms with Crippen molar-refractivity contribution in [2.24, 2.45) is 0 Å². The van der Waals surface area contributed by atoms with Crippen LogP contribution in [0.1, 0.15) is 5.56 Å². The Bertz CT molecular complexity index is 535. The summed E-state index contributed by atoms with van der Waals surface area (Å²) in [5.41, 5.74) is 3.50. The van der Waals surface area contributed by atoms with Crippen molar-refractivity contribution in [2.45, 2.75) is 6.54 Å². The summed E-state index contributed by atoms with van der Waals surface area (Å²) in [5, 5.41) is 0.762. The lowest BCUT2D eigenvalue weighted by atomic mass is 10.0. The Balaban J connectivity index is 2.32. The summed E-state index contributed by atoms with van der Waals surface area (Å²) in [6, 6.07) is 14.5. The van der Waals surface area contributed by atoms with Gasteiger partial charge in [0, 0.05) is 16.6 Å². The van der Waals surface area contributed by atoms with Crippen molar-refractivity contribution in [3.63, 3.8) is 0 Å². The SMILES string of the molecule is CN(C)Cc1ccc(-c2cccc(Br)c2Cl)cc1. The highest BCUT2D eigenvalue weighted by Gasteiger charge is 2.06. The molecule has 0 aliphatic rings. The first-order valence-corrected chi connectivity index (χ1v) is 6.93. The lowest BCUT2D eigenvalue weighted by molar-refractivity contribution is 0.402. The van der Waals surface area contributed by atoms with Crippen molar-refractivity contribution >= 4 is 27.5 Å². The molecule has 2 aromatic carbocycles. The van der Waals surface area contributed by atoms with Gasteiger partial charge < -0.3 is 4.90 Å². The lowest BCUT2D eigenvalue weighted by Gasteiger charge is -2.11. The third-order valence-corrected chi connectivity index (χ3v) is 4.01. The molecule has 0 bridgehead atoms. The predicted molar refractivity (Wildman–Crippen MR) is 82.0 cm³/mol. The van der Waals surface area contributed by atoms with E-state index in [1.807, 2.05) is 18.2 Å². The molecule has 0 fully saturated rings. The summed E-state index contributed by atoms with van der Waals surface area (Å²) < 4.78 is 0.930. The molecular weight excluding hydrogens is 310 g/mol.